The highest BCUT2D eigenvalue weighted by Crippen LogP contribution is 2.41. The van der Waals surface area contributed by atoms with Crippen LogP contribution in [0.5, 0.6) is 0 Å². The fraction of sp³-hybridized carbons (Fsp3) is 0.562. The number of carbonyl (C=O) groups is 1. The highest BCUT2D eigenvalue weighted by molar-refractivity contribution is 6.30. The van der Waals surface area contributed by atoms with Crippen LogP contribution in [0.1, 0.15) is 37.3 Å². The molecule has 1 amide bonds. The molecule has 108 valence electrons. The van der Waals surface area contributed by atoms with E-state index in [0.29, 0.717) is 19.1 Å². The summed E-state index contributed by atoms with van der Waals surface area (Å²) in [5.74, 6) is 0.873. The molecule has 0 bridgehead atoms. The highest BCUT2D eigenvalue weighted by atomic mass is 35.5. The second-order valence-electron chi connectivity index (χ2n) is 5.76. The maximum atomic E-state index is 12.4. The van der Waals surface area contributed by atoms with Gasteiger partial charge in [-0.05, 0) is 49.3 Å². The standard InChI is InChI=1S/C16H20ClNO2/c17-14-5-3-12(4-6-14)15(11-1-2-11)18-16(19)13-7-9-20-10-8-13/h3-6,11,13,15H,1-2,7-10H2,(H,18,19). The van der Waals surface area contributed by atoms with Gasteiger partial charge in [0.1, 0.15) is 0 Å². The van der Waals surface area contributed by atoms with E-state index in [1.807, 2.05) is 24.3 Å². The molecule has 1 aromatic rings. The van der Waals surface area contributed by atoms with E-state index in [4.69, 9.17) is 16.3 Å². The Kier molecular flexibility index (Phi) is 4.27. The van der Waals surface area contributed by atoms with Gasteiger partial charge in [-0.25, -0.2) is 0 Å². The number of amides is 1. The molecule has 1 aromatic carbocycles. The molecule has 0 radical (unpaired) electrons. The van der Waals surface area contributed by atoms with Crippen molar-refractivity contribution in [3.8, 4) is 0 Å². The Bertz CT molecular complexity index is 464. The van der Waals surface area contributed by atoms with E-state index in [1.165, 1.54) is 12.8 Å². The molecule has 4 heteroatoms. The van der Waals surface area contributed by atoms with Gasteiger partial charge in [0, 0.05) is 24.2 Å². The van der Waals surface area contributed by atoms with Crippen molar-refractivity contribution in [2.45, 2.75) is 31.7 Å². The van der Waals surface area contributed by atoms with E-state index in [-0.39, 0.29) is 17.9 Å². The summed E-state index contributed by atoms with van der Waals surface area (Å²) in [4.78, 5) is 12.4. The van der Waals surface area contributed by atoms with Crippen LogP contribution < -0.4 is 5.32 Å². The Hall–Kier alpha value is -1.06. The smallest absolute Gasteiger partial charge is 0.223 e. The fourth-order valence-electron chi connectivity index (χ4n) is 2.80. The summed E-state index contributed by atoms with van der Waals surface area (Å²) in [5, 5.41) is 3.98. The van der Waals surface area contributed by atoms with Crippen molar-refractivity contribution in [3.63, 3.8) is 0 Å². The number of benzene rings is 1. The van der Waals surface area contributed by atoms with Gasteiger partial charge in [0.2, 0.25) is 5.91 Å². The summed E-state index contributed by atoms with van der Waals surface area (Å²) in [7, 11) is 0. The lowest BCUT2D eigenvalue weighted by molar-refractivity contribution is -0.128. The zero-order valence-electron chi connectivity index (χ0n) is 11.5. The minimum atomic E-state index is 0.109. The monoisotopic (exact) mass is 293 g/mol. The van der Waals surface area contributed by atoms with Gasteiger partial charge in [-0.3, -0.25) is 4.79 Å². The number of hydrogen-bond acceptors (Lipinski definition) is 2. The molecule has 1 aliphatic carbocycles. The Morgan fingerprint density at radius 2 is 1.80 bits per heavy atom. The number of nitrogens with one attached hydrogen (secondary N) is 1. The summed E-state index contributed by atoms with van der Waals surface area (Å²) in [6, 6.07) is 7.98. The normalized spacial score (nSPS) is 21.4. The molecule has 20 heavy (non-hydrogen) atoms. The fourth-order valence-corrected chi connectivity index (χ4v) is 2.93. The molecule has 1 atom stereocenters. The molecule has 1 heterocycles. The predicted molar refractivity (Wildman–Crippen MR) is 78.6 cm³/mol. The molecular weight excluding hydrogens is 274 g/mol. The third-order valence-corrected chi connectivity index (χ3v) is 4.46. The van der Waals surface area contributed by atoms with Crippen LogP contribution in [0.25, 0.3) is 0 Å². The van der Waals surface area contributed by atoms with Crippen LogP contribution in [0.2, 0.25) is 5.02 Å². The third-order valence-electron chi connectivity index (χ3n) is 4.21. The summed E-state index contributed by atoms with van der Waals surface area (Å²) >= 11 is 5.94. The molecule has 3 nitrogen and oxygen atoms in total. The molecule has 1 saturated heterocycles. The lowest BCUT2D eigenvalue weighted by Crippen LogP contribution is -2.37. The molecule has 1 N–H and O–H groups in total. The largest absolute Gasteiger partial charge is 0.381 e. The van der Waals surface area contributed by atoms with Crippen LogP contribution in [-0.4, -0.2) is 19.1 Å². The van der Waals surface area contributed by atoms with Gasteiger partial charge in [0.25, 0.3) is 0 Å². The predicted octanol–water partition coefficient (Wildman–Crippen LogP) is 3.33. The average Bonchev–Trinajstić information content (AvgIpc) is 3.31. The van der Waals surface area contributed by atoms with Crippen LogP contribution in [0.15, 0.2) is 24.3 Å². The van der Waals surface area contributed by atoms with Crippen molar-refractivity contribution in [1.29, 1.82) is 0 Å². The van der Waals surface area contributed by atoms with E-state index in [1.54, 1.807) is 0 Å². The number of carbonyl (C=O) groups excluding carboxylic acids is 1. The third kappa shape index (κ3) is 3.33. The van der Waals surface area contributed by atoms with Crippen LogP contribution in [-0.2, 0) is 9.53 Å². The Morgan fingerprint density at radius 3 is 2.40 bits per heavy atom. The SMILES string of the molecule is O=C(NC(c1ccc(Cl)cc1)C1CC1)C1CCOCC1. The zero-order chi connectivity index (χ0) is 13.9. The van der Waals surface area contributed by atoms with Gasteiger partial charge >= 0.3 is 0 Å². The van der Waals surface area contributed by atoms with Crippen molar-refractivity contribution in [3.05, 3.63) is 34.9 Å². The molecule has 0 spiro atoms. The number of ether oxygens (including phenoxy) is 1. The Morgan fingerprint density at radius 1 is 1.15 bits per heavy atom. The molecule has 0 aromatic heterocycles. The van der Waals surface area contributed by atoms with Crippen molar-refractivity contribution in [2.75, 3.05) is 13.2 Å². The summed E-state index contributed by atoms with van der Waals surface area (Å²) in [6.07, 6.45) is 4.07. The second-order valence-corrected chi connectivity index (χ2v) is 6.20. The van der Waals surface area contributed by atoms with Crippen molar-refractivity contribution in [2.24, 2.45) is 11.8 Å². The highest BCUT2D eigenvalue weighted by Gasteiger charge is 2.34. The van der Waals surface area contributed by atoms with E-state index in [0.717, 1.165) is 23.4 Å². The minimum absolute atomic E-state index is 0.109. The summed E-state index contributed by atoms with van der Waals surface area (Å²) in [5.41, 5.74) is 1.16. The summed E-state index contributed by atoms with van der Waals surface area (Å²) in [6.45, 7) is 1.40. The molecule has 1 aliphatic heterocycles. The first-order valence-electron chi connectivity index (χ1n) is 7.37. The first kappa shape index (κ1) is 13.9. The van der Waals surface area contributed by atoms with Gasteiger partial charge in [-0.1, -0.05) is 23.7 Å². The van der Waals surface area contributed by atoms with Gasteiger partial charge < -0.3 is 10.1 Å². The quantitative estimate of drug-likeness (QED) is 0.925. The van der Waals surface area contributed by atoms with Crippen molar-refractivity contribution < 1.29 is 9.53 Å². The number of hydrogen-bond donors (Lipinski definition) is 1. The van der Waals surface area contributed by atoms with Crippen LogP contribution in [0.3, 0.4) is 0 Å². The van der Waals surface area contributed by atoms with E-state index in [2.05, 4.69) is 5.32 Å². The Labute approximate surface area is 124 Å². The summed E-state index contributed by atoms with van der Waals surface area (Å²) < 4.78 is 5.32. The van der Waals surface area contributed by atoms with Gasteiger partial charge in [-0.2, -0.15) is 0 Å². The molecular formula is C16H20ClNO2. The molecule has 3 rings (SSSR count). The lowest BCUT2D eigenvalue weighted by atomic mass is 9.96. The molecule has 2 aliphatic rings. The molecule has 1 unspecified atom stereocenters. The molecule has 1 saturated carbocycles. The number of halogens is 1. The second kappa shape index (κ2) is 6.15. The first-order chi connectivity index (χ1) is 9.74. The van der Waals surface area contributed by atoms with Crippen LogP contribution >= 0.6 is 11.6 Å². The maximum Gasteiger partial charge on any atom is 0.223 e. The van der Waals surface area contributed by atoms with Crippen LogP contribution in [0.4, 0.5) is 0 Å². The van der Waals surface area contributed by atoms with E-state index in [9.17, 15) is 4.79 Å². The molecule has 2 fully saturated rings. The van der Waals surface area contributed by atoms with Crippen molar-refractivity contribution >= 4 is 17.5 Å². The Balaban J connectivity index is 1.68. The average molecular weight is 294 g/mol. The first-order valence-corrected chi connectivity index (χ1v) is 7.75. The lowest BCUT2D eigenvalue weighted by Gasteiger charge is -2.25. The minimum Gasteiger partial charge on any atom is -0.381 e. The zero-order valence-corrected chi connectivity index (χ0v) is 12.2. The van der Waals surface area contributed by atoms with Gasteiger partial charge in [0.05, 0.1) is 6.04 Å². The van der Waals surface area contributed by atoms with Gasteiger partial charge in [0.15, 0.2) is 0 Å². The van der Waals surface area contributed by atoms with Crippen LogP contribution in [0, 0.1) is 11.8 Å². The van der Waals surface area contributed by atoms with E-state index >= 15 is 0 Å². The van der Waals surface area contributed by atoms with Gasteiger partial charge in [-0.15, -0.1) is 0 Å². The van der Waals surface area contributed by atoms with Crippen molar-refractivity contribution in [1.82, 2.24) is 5.32 Å². The van der Waals surface area contributed by atoms with E-state index < -0.39 is 0 Å². The topological polar surface area (TPSA) is 38.3 Å². The maximum absolute atomic E-state index is 12.4. The number of rotatable bonds is 4.